The fraction of sp³-hybridized carbons (Fsp3) is 0.560. The minimum Gasteiger partial charge on any atom is -0.458 e. The van der Waals surface area contributed by atoms with Crippen molar-refractivity contribution in [2.24, 2.45) is 11.8 Å². The van der Waals surface area contributed by atoms with Gasteiger partial charge in [0.1, 0.15) is 18.3 Å². The van der Waals surface area contributed by atoms with Crippen molar-refractivity contribution in [3.05, 3.63) is 47.1 Å². The van der Waals surface area contributed by atoms with Crippen molar-refractivity contribution in [2.75, 3.05) is 13.2 Å². The van der Waals surface area contributed by atoms with Gasteiger partial charge in [-0.1, -0.05) is 32.1 Å². The van der Waals surface area contributed by atoms with Crippen molar-refractivity contribution in [2.45, 2.75) is 65.0 Å². The van der Waals surface area contributed by atoms with E-state index in [1.165, 1.54) is 0 Å². The topological polar surface area (TPSA) is 140 Å². The minimum atomic E-state index is -1.26. The molecule has 0 spiro atoms. The number of carbonyl (C=O) groups excluding carboxylic acids is 3. The molecular formula is C25H34O9. The Kier molecular flexibility index (Phi) is 9.78. The summed E-state index contributed by atoms with van der Waals surface area (Å²) in [5, 5.41) is 28.6. The van der Waals surface area contributed by atoms with Gasteiger partial charge in [0.15, 0.2) is 6.10 Å². The molecule has 188 valence electrons. The normalized spacial score (nSPS) is 29.8. The van der Waals surface area contributed by atoms with Crippen LogP contribution in [-0.2, 0) is 28.6 Å². The van der Waals surface area contributed by atoms with E-state index in [4.69, 9.17) is 19.3 Å². The van der Waals surface area contributed by atoms with Gasteiger partial charge in [-0.15, -0.1) is 0 Å². The summed E-state index contributed by atoms with van der Waals surface area (Å²) >= 11 is 0. The van der Waals surface area contributed by atoms with Crippen LogP contribution in [0, 0.1) is 11.8 Å². The monoisotopic (exact) mass is 478 g/mol. The van der Waals surface area contributed by atoms with E-state index < -0.39 is 61.5 Å². The van der Waals surface area contributed by atoms with Crippen LogP contribution in [0.4, 0.5) is 0 Å². The second-order valence-electron chi connectivity index (χ2n) is 8.95. The first kappa shape index (κ1) is 27.5. The standard InChI is InChI=1S/C25H34O9/c1-13(2)22(28)25(31)32-18-7-6-14(3)10-19(34-24(30)17(12-27)8-9-26)21-16(5)23(29)33-20(21)11-15(18)4/h6,8,11,13,18-22,26-28H,5,7,9-10,12H2,1-4H3/b14-6-,15-11-,17-8+/t18-,19+,20-,21+,22-/m0/s1. The largest absolute Gasteiger partial charge is 0.458 e. The lowest BCUT2D eigenvalue weighted by Crippen LogP contribution is -2.35. The highest BCUT2D eigenvalue weighted by Gasteiger charge is 2.45. The molecule has 0 unspecified atom stereocenters. The van der Waals surface area contributed by atoms with E-state index in [-0.39, 0.29) is 23.5 Å². The fourth-order valence-corrected chi connectivity index (χ4v) is 3.84. The lowest BCUT2D eigenvalue weighted by Gasteiger charge is -2.29. The fourth-order valence-electron chi connectivity index (χ4n) is 3.84. The lowest BCUT2D eigenvalue weighted by atomic mass is 9.85. The van der Waals surface area contributed by atoms with Crippen molar-refractivity contribution in [3.63, 3.8) is 0 Å². The summed E-state index contributed by atoms with van der Waals surface area (Å²) in [4.78, 5) is 37.3. The molecule has 5 atom stereocenters. The summed E-state index contributed by atoms with van der Waals surface area (Å²) < 4.78 is 16.7. The molecule has 1 saturated heterocycles. The predicted octanol–water partition coefficient (Wildman–Crippen LogP) is 1.52. The Morgan fingerprint density at radius 3 is 2.53 bits per heavy atom. The molecule has 2 aliphatic rings. The molecule has 0 aromatic heterocycles. The first-order valence-electron chi connectivity index (χ1n) is 11.2. The lowest BCUT2D eigenvalue weighted by molar-refractivity contribution is -0.159. The summed E-state index contributed by atoms with van der Waals surface area (Å²) in [6.07, 6.45) is 1.60. The molecule has 0 saturated carbocycles. The van der Waals surface area contributed by atoms with Gasteiger partial charge in [-0.3, -0.25) is 0 Å². The zero-order chi connectivity index (χ0) is 25.6. The van der Waals surface area contributed by atoms with Gasteiger partial charge in [0.2, 0.25) is 0 Å². The van der Waals surface area contributed by atoms with Crippen LogP contribution in [0.25, 0.3) is 0 Å². The molecule has 1 fully saturated rings. The van der Waals surface area contributed by atoms with Gasteiger partial charge < -0.3 is 29.5 Å². The van der Waals surface area contributed by atoms with Gasteiger partial charge in [-0.05, 0) is 37.5 Å². The number of rotatable bonds is 7. The van der Waals surface area contributed by atoms with Gasteiger partial charge in [-0.25, -0.2) is 14.4 Å². The number of ether oxygens (including phenoxy) is 3. The van der Waals surface area contributed by atoms with E-state index in [1.54, 1.807) is 26.8 Å². The Morgan fingerprint density at radius 2 is 1.94 bits per heavy atom. The van der Waals surface area contributed by atoms with Crippen molar-refractivity contribution >= 4 is 17.9 Å². The van der Waals surface area contributed by atoms with Crippen molar-refractivity contribution in [1.29, 1.82) is 0 Å². The quantitative estimate of drug-likeness (QED) is 0.215. The number of hydrogen-bond donors (Lipinski definition) is 3. The molecule has 1 aliphatic heterocycles. The number of esters is 3. The van der Waals surface area contributed by atoms with E-state index in [2.05, 4.69) is 6.58 Å². The minimum absolute atomic E-state index is 0.101. The zero-order valence-electron chi connectivity index (χ0n) is 20.0. The van der Waals surface area contributed by atoms with Crippen LogP contribution in [0.15, 0.2) is 47.1 Å². The summed E-state index contributed by atoms with van der Waals surface area (Å²) in [5.41, 5.74) is 1.45. The highest BCUT2D eigenvalue weighted by molar-refractivity contribution is 5.92. The SMILES string of the molecule is C=C1C(=O)O[C@H]2/C=C(/C)[C@@H](OC(=O)[C@@H](O)C(C)C)C/C=C(/C)C[C@@H](OC(=O)/C(=C/CO)CO)[C@@H]12. The smallest absolute Gasteiger partial charge is 0.336 e. The van der Waals surface area contributed by atoms with Crippen molar-refractivity contribution < 1.29 is 43.9 Å². The molecule has 0 bridgehead atoms. The first-order chi connectivity index (χ1) is 16.0. The van der Waals surface area contributed by atoms with Gasteiger partial charge in [0.05, 0.1) is 24.7 Å². The van der Waals surface area contributed by atoms with Crippen molar-refractivity contribution in [1.82, 2.24) is 0 Å². The number of carbonyl (C=O) groups is 3. The maximum absolute atomic E-state index is 12.6. The molecule has 3 N–H and O–H groups in total. The molecule has 34 heavy (non-hydrogen) atoms. The summed E-state index contributed by atoms with van der Waals surface area (Å²) in [6.45, 7) is 9.73. The Labute approximate surface area is 199 Å². The van der Waals surface area contributed by atoms with Gasteiger partial charge in [-0.2, -0.15) is 0 Å². The molecular weight excluding hydrogens is 444 g/mol. The molecule has 9 heteroatoms. The van der Waals surface area contributed by atoms with Crippen LogP contribution in [0.1, 0.15) is 40.5 Å². The van der Waals surface area contributed by atoms with Gasteiger partial charge in [0, 0.05) is 18.4 Å². The zero-order valence-corrected chi connectivity index (χ0v) is 20.0. The number of aliphatic hydroxyl groups excluding tert-OH is 3. The van der Waals surface area contributed by atoms with E-state index >= 15 is 0 Å². The average molecular weight is 479 g/mol. The summed E-state index contributed by atoms with van der Waals surface area (Å²) in [6, 6.07) is 0. The van der Waals surface area contributed by atoms with Gasteiger partial charge in [0.25, 0.3) is 0 Å². The average Bonchev–Trinajstić information content (AvgIpc) is 3.05. The number of aliphatic hydroxyl groups is 3. The van der Waals surface area contributed by atoms with E-state index in [1.807, 2.05) is 13.0 Å². The Bertz CT molecular complexity index is 896. The number of hydrogen-bond acceptors (Lipinski definition) is 9. The van der Waals surface area contributed by atoms with Crippen LogP contribution >= 0.6 is 0 Å². The molecule has 1 heterocycles. The second kappa shape index (κ2) is 12.1. The third-order valence-corrected chi connectivity index (χ3v) is 5.96. The van der Waals surface area contributed by atoms with Crippen LogP contribution in [-0.4, -0.2) is 70.9 Å². The highest BCUT2D eigenvalue weighted by Crippen LogP contribution is 2.37. The molecule has 0 amide bonds. The highest BCUT2D eigenvalue weighted by atomic mass is 16.6. The number of fused-ring (bicyclic) bond motifs is 1. The van der Waals surface area contributed by atoms with E-state index in [0.29, 0.717) is 12.0 Å². The van der Waals surface area contributed by atoms with Crippen LogP contribution in [0.2, 0.25) is 0 Å². The molecule has 0 aromatic carbocycles. The second-order valence-corrected chi connectivity index (χ2v) is 8.95. The van der Waals surface area contributed by atoms with Crippen LogP contribution in [0.5, 0.6) is 0 Å². The third-order valence-electron chi connectivity index (χ3n) is 5.96. The molecule has 9 nitrogen and oxygen atoms in total. The summed E-state index contributed by atoms with van der Waals surface area (Å²) in [5.74, 6) is -3.19. The molecule has 2 rings (SSSR count). The predicted molar refractivity (Wildman–Crippen MR) is 122 cm³/mol. The van der Waals surface area contributed by atoms with E-state index in [0.717, 1.165) is 11.6 Å². The molecule has 0 radical (unpaired) electrons. The summed E-state index contributed by atoms with van der Waals surface area (Å²) in [7, 11) is 0. The van der Waals surface area contributed by atoms with Crippen LogP contribution in [0.3, 0.4) is 0 Å². The Hall–Kier alpha value is -2.75. The van der Waals surface area contributed by atoms with Crippen LogP contribution < -0.4 is 0 Å². The molecule has 0 aromatic rings. The molecule has 1 aliphatic carbocycles. The Morgan fingerprint density at radius 1 is 1.26 bits per heavy atom. The third kappa shape index (κ3) is 6.65. The Balaban J connectivity index is 2.39. The van der Waals surface area contributed by atoms with Gasteiger partial charge >= 0.3 is 17.9 Å². The van der Waals surface area contributed by atoms with Crippen molar-refractivity contribution in [3.8, 4) is 0 Å². The van der Waals surface area contributed by atoms with E-state index in [9.17, 15) is 24.6 Å². The maximum Gasteiger partial charge on any atom is 0.336 e. The first-order valence-corrected chi connectivity index (χ1v) is 11.2. The maximum atomic E-state index is 12.6.